The van der Waals surface area contributed by atoms with Gasteiger partial charge in [-0.05, 0) is 43.1 Å². The second-order valence-corrected chi connectivity index (χ2v) is 5.42. The molecule has 3 nitrogen and oxygen atoms in total. The van der Waals surface area contributed by atoms with Crippen LogP contribution < -0.4 is 5.32 Å². The molecule has 0 bridgehead atoms. The fraction of sp³-hybridized carbons (Fsp3) is 0.438. The Morgan fingerprint density at radius 1 is 1.30 bits per heavy atom. The molecule has 0 aliphatic carbocycles. The molecule has 20 heavy (non-hydrogen) atoms. The van der Waals surface area contributed by atoms with Gasteiger partial charge in [0.2, 0.25) is 0 Å². The van der Waals surface area contributed by atoms with Gasteiger partial charge in [-0.25, -0.2) is 0 Å². The fourth-order valence-corrected chi connectivity index (χ4v) is 2.68. The Bertz CT molecular complexity index is 563. The number of aromatic nitrogens is 2. The lowest BCUT2D eigenvalue weighted by Crippen LogP contribution is -2.25. The van der Waals surface area contributed by atoms with Crippen molar-refractivity contribution in [3.63, 3.8) is 0 Å². The van der Waals surface area contributed by atoms with Crippen molar-refractivity contribution < 1.29 is 0 Å². The zero-order valence-electron chi connectivity index (χ0n) is 12.4. The number of nitrogens with zero attached hydrogens (tertiary/aromatic N) is 2. The van der Waals surface area contributed by atoms with Crippen molar-refractivity contribution >= 4 is 11.6 Å². The van der Waals surface area contributed by atoms with E-state index in [-0.39, 0.29) is 6.04 Å². The molecule has 0 fully saturated rings. The van der Waals surface area contributed by atoms with Crippen LogP contribution in [0.4, 0.5) is 0 Å². The van der Waals surface area contributed by atoms with Crippen molar-refractivity contribution in [1.82, 2.24) is 15.1 Å². The zero-order chi connectivity index (χ0) is 14.5. The Morgan fingerprint density at radius 3 is 2.70 bits per heavy atom. The summed E-state index contributed by atoms with van der Waals surface area (Å²) < 4.78 is 1.98. The molecule has 4 heteroatoms. The molecule has 1 aromatic carbocycles. The van der Waals surface area contributed by atoms with Gasteiger partial charge in [0.1, 0.15) is 0 Å². The summed E-state index contributed by atoms with van der Waals surface area (Å²) in [6, 6.07) is 10.5. The molecular formula is C16H22ClN3. The van der Waals surface area contributed by atoms with E-state index in [1.807, 2.05) is 29.9 Å². The van der Waals surface area contributed by atoms with Crippen molar-refractivity contribution in [3.05, 3.63) is 52.3 Å². The van der Waals surface area contributed by atoms with Crippen LogP contribution in [0.3, 0.4) is 0 Å². The Balaban J connectivity index is 2.24. The van der Waals surface area contributed by atoms with Gasteiger partial charge in [0.15, 0.2) is 0 Å². The first-order chi connectivity index (χ1) is 9.63. The van der Waals surface area contributed by atoms with Crippen LogP contribution in [-0.2, 0) is 19.9 Å². The fourth-order valence-electron chi connectivity index (χ4n) is 2.47. The van der Waals surface area contributed by atoms with Crippen LogP contribution >= 0.6 is 11.6 Å². The van der Waals surface area contributed by atoms with Gasteiger partial charge in [0.05, 0.1) is 17.4 Å². The molecule has 1 heterocycles. The number of halogens is 1. The summed E-state index contributed by atoms with van der Waals surface area (Å²) >= 11 is 6.07. The molecule has 0 spiro atoms. The van der Waals surface area contributed by atoms with Crippen LogP contribution in [0.15, 0.2) is 30.3 Å². The van der Waals surface area contributed by atoms with Crippen LogP contribution in [0.1, 0.15) is 36.8 Å². The minimum absolute atomic E-state index is 0.260. The molecule has 0 aliphatic rings. The summed E-state index contributed by atoms with van der Waals surface area (Å²) in [7, 11) is 2.01. The van der Waals surface area contributed by atoms with Gasteiger partial charge in [0.25, 0.3) is 0 Å². The molecule has 0 saturated heterocycles. The quantitative estimate of drug-likeness (QED) is 0.882. The molecule has 1 unspecified atom stereocenters. The maximum Gasteiger partial charge on any atom is 0.0625 e. The molecular weight excluding hydrogens is 270 g/mol. The van der Waals surface area contributed by atoms with Gasteiger partial charge in [-0.15, -0.1) is 0 Å². The number of aryl methyl sites for hydroxylation is 2. The van der Waals surface area contributed by atoms with Gasteiger partial charge in [0, 0.05) is 12.1 Å². The zero-order valence-corrected chi connectivity index (χ0v) is 13.1. The Morgan fingerprint density at radius 2 is 2.10 bits per heavy atom. The molecule has 2 aromatic rings. The Hall–Kier alpha value is -1.32. The van der Waals surface area contributed by atoms with E-state index in [2.05, 4.69) is 36.4 Å². The van der Waals surface area contributed by atoms with E-state index in [4.69, 9.17) is 11.6 Å². The number of nitrogens with one attached hydrogen (secondary N) is 1. The highest BCUT2D eigenvalue weighted by Gasteiger charge is 2.16. The lowest BCUT2D eigenvalue weighted by atomic mass is 10.0. The van der Waals surface area contributed by atoms with Gasteiger partial charge < -0.3 is 5.32 Å². The largest absolute Gasteiger partial charge is 0.309 e. The number of likely N-dealkylation sites (N-methyl/N-ethyl adjacent to an activating group) is 1. The van der Waals surface area contributed by atoms with E-state index < -0.39 is 0 Å². The van der Waals surface area contributed by atoms with Gasteiger partial charge >= 0.3 is 0 Å². The third-order valence-electron chi connectivity index (χ3n) is 3.47. The van der Waals surface area contributed by atoms with E-state index in [1.165, 1.54) is 11.3 Å². The number of rotatable bonds is 6. The number of hydrogen-bond donors (Lipinski definition) is 1. The van der Waals surface area contributed by atoms with Crippen LogP contribution in [0, 0.1) is 0 Å². The minimum Gasteiger partial charge on any atom is -0.309 e. The average molecular weight is 292 g/mol. The van der Waals surface area contributed by atoms with Crippen LogP contribution in [0.5, 0.6) is 0 Å². The minimum atomic E-state index is 0.260. The molecule has 0 aliphatic heterocycles. The van der Waals surface area contributed by atoms with E-state index >= 15 is 0 Å². The second-order valence-electron chi connectivity index (χ2n) is 4.98. The third-order valence-corrected chi connectivity index (χ3v) is 3.70. The molecule has 1 aromatic heterocycles. The summed E-state index contributed by atoms with van der Waals surface area (Å²) in [4.78, 5) is 0. The topological polar surface area (TPSA) is 29.9 Å². The second kappa shape index (κ2) is 6.91. The lowest BCUT2D eigenvalue weighted by Gasteiger charge is -2.18. The maximum absolute atomic E-state index is 6.07. The summed E-state index contributed by atoms with van der Waals surface area (Å²) in [6.45, 7) is 5.19. The van der Waals surface area contributed by atoms with Gasteiger partial charge in [-0.1, -0.05) is 37.6 Å². The van der Waals surface area contributed by atoms with E-state index in [1.54, 1.807) is 0 Å². The van der Waals surface area contributed by atoms with Gasteiger partial charge in [-0.3, -0.25) is 4.68 Å². The molecule has 108 valence electrons. The monoisotopic (exact) mass is 291 g/mol. The smallest absolute Gasteiger partial charge is 0.0625 e. The van der Waals surface area contributed by atoms with E-state index in [0.717, 1.165) is 30.1 Å². The van der Waals surface area contributed by atoms with Crippen LogP contribution in [-0.4, -0.2) is 16.3 Å². The van der Waals surface area contributed by atoms with Crippen LogP contribution in [0.25, 0.3) is 0 Å². The van der Waals surface area contributed by atoms with Crippen molar-refractivity contribution in [2.45, 2.75) is 32.7 Å². The molecule has 1 atom stereocenters. The first-order valence-electron chi connectivity index (χ1n) is 7.14. The first-order valence-corrected chi connectivity index (χ1v) is 7.52. The highest BCUT2D eigenvalue weighted by Crippen LogP contribution is 2.21. The van der Waals surface area contributed by atoms with Crippen molar-refractivity contribution in [3.8, 4) is 0 Å². The highest BCUT2D eigenvalue weighted by atomic mass is 35.5. The molecule has 0 amide bonds. The summed E-state index contributed by atoms with van der Waals surface area (Å²) in [5.74, 6) is 0. The summed E-state index contributed by atoms with van der Waals surface area (Å²) in [5, 5.41) is 8.87. The molecule has 1 N–H and O–H groups in total. The van der Waals surface area contributed by atoms with Crippen molar-refractivity contribution in [1.29, 1.82) is 0 Å². The molecule has 2 rings (SSSR count). The maximum atomic E-state index is 6.07. The summed E-state index contributed by atoms with van der Waals surface area (Å²) in [5.41, 5.74) is 3.60. The van der Waals surface area contributed by atoms with Crippen molar-refractivity contribution in [2.75, 3.05) is 6.54 Å². The van der Waals surface area contributed by atoms with Crippen LogP contribution in [0.2, 0.25) is 5.02 Å². The molecule has 0 radical (unpaired) electrons. The first kappa shape index (κ1) is 15.1. The Labute approximate surface area is 126 Å². The SMILES string of the molecule is CCNC(Cc1cccc(Cl)c1)c1cc(CC)nn1C. The third kappa shape index (κ3) is 3.62. The normalized spacial score (nSPS) is 12.6. The summed E-state index contributed by atoms with van der Waals surface area (Å²) in [6.07, 6.45) is 1.88. The van der Waals surface area contributed by atoms with E-state index in [9.17, 15) is 0 Å². The average Bonchev–Trinajstić information content (AvgIpc) is 2.80. The van der Waals surface area contributed by atoms with Gasteiger partial charge in [-0.2, -0.15) is 5.10 Å². The van der Waals surface area contributed by atoms with Crippen molar-refractivity contribution in [2.24, 2.45) is 7.05 Å². The predicted molar refractivity (Wildman–Crippen MR) is 84.2 cm³/mol. The standard InChI is InChI=1S/C16H22ClN3/c1-4-14-11-16(20(3)19-14)15(18-5-2)10-12-7-6-8-13(17)9-12/h6-9,11,15,18H,4-5,10H2,1-3H3. The van der Waals surface area contributed by atoms with E-state index in [0.29, 0.717) is 0 Å². The highest BCUT2D eigenvalue weighted by molar-refractivity contribution is 6.30. The lowest BCUT2D eigenvalue weighted by molar-refractivity contribution is 0.507. The molecule has 0 saturated carbocycles. The Kier molecular flexibility index (Phi) is 5.21. The number of hydrogen-bond acceptors (Lipinski definition) is 2. The predicted octanol–water partition coefficient (Wildman–Crippen LogP) is 3.53. The number of benzene rings is 1.